The van der Waals surface area contributed by atoms with Gasteiger partial charge in [0.25, 0.3) is 0 Å². The Morgan fingerprint density at radius 1 is 1.44 bits per heavy atom. The minimum absolute atomic E-state index is 0.691. The molecule has 2 rings (SSSR count). The van der Waals surface area contributed by atoms with Crippen LogP contribution in [0.1, 0.15) is 52.9 Å². The van der Waals surface area contributed by atoms with E-state index in [4.69, 9.17) is 0 Å². The Morgan fingerprint density at radius 2 is 2.12 bits per heavy atom. The maximum Gasteiger partial charge on any atom is -0.0242 e. The maximum absolute atomic E-state index is 4.12. The molecule has 0 aliphatic heterocycles. The van der Waals surface area contributed by atoms with Gasteiger partial charge in [0.2, 0.25) is 0 Å². The van der Waals surface area contributed by atoms with E-state index in [1.54, 1.807) is 5.57 Å². The fourth-order valence-electron chi connectivity index (χ4n) is 3.00. The molecule has 0 heteroatoms. The standard InChI is InChI=1S/C16H24/c1-5-6-14-9-13(10-15(14)12(2)3)11-16(4)7-8-16/h5-6,13H,2,7-11H2,1,3-4H3/b6-5-. The normalized spacial score (nSPS) is 27.8. The average molecular weight is 216 g/mol. The second kappa shape index (κ2) is 4.24. The van der Waals surface area contributed by atoms with Gasteiger partial charge in [-0.3, -0.25) is 0 Å². The summed E-state index contributed by atoms with van der Waals surface area (Å²) in [6.07, 6.45) is 11.3. The summed E-state index contributed by atoms with van der Waals surface area (Å²) in [5.41, 5.74) is 5.05. The summed E-state index contributed by atoms with van der Waals surface area (Å²) in [6.45, 7) is 10.8. The monoisotopic (exact) mass is 216 g/mol. The highest BCUT2D eigenvalue weighted by Gasteiger charge is 2.40. The summed E-state index contributed by atoms with van der Waals surface area (Å²) in [5, 5.41) is 0. The fraction of sp³-hybridized carbons (Fsp3) is 0.625. The van der Waals surface area contributed by atoms with Crippen molar-refractivity contribution < 1.29 is 0 Å². The Labute approximate surface area is 100 Å². The van der Waals surface area contributed by atoms with Crippen molar-refractivity contribution in [2.24, 2.45) is 11.3 Å². The molecule has 2 aliphatic rings. The summed E-state index contributed by atoms with van der Waals surface area (Å²) in [7, 11) is 0. The Hall–Kier alpha value is -0.780. The van der Waals surface area contributed by atoms with E-state index in [2.05, 4.69) is 39.5 Å². The zero-order chi connectivity index (χ0) is 11.8. The van der Waals surface area contributed by atoms with Gasteiger partial charge >= 0.3 is 0 Å². The molecule has 0 saturated heterocycles. The van der Waals surface area contributed by atoms with Gasteiger partial charge in [0.15, 0.2) is 0 Å². The van der Waals surface area contributed by atoms with Crippen LogP contribution in [0.4, 0.5) is 0 Å². The zero-order valence-corrected chi connectivity index (χ0v) is 11.0. The number of allylic oxidation sites excluding steroid dienone is 5. The predicted octanol–water partition coefficient (Wildman–Crippen LogP) is 5.04. The second-order valence-electron chi connectivity index (χ2n) is 6.07. The van der Waals surface area contributed by atoms with E-state index in [1.807, 2.05) is 0 Å². The smallest absolute Gasteiger partial charge is 0.0242 e. The summed E-state index contributed by atoms with van der Waals surface area (Å²) >= 11 is 0. The zero-order valence-electron chi connectivity index (χ0n) is 11.0. The van der Waals surface area contributed by atoms with Crippen LogP contribution in [0.15, 0.2) is 35.5 Å². The molecule has 0 spiro atoms. The summed E-state index contributed by atoms with van der Waals surface area (Å²) in [6, 6.07) is 0. The van der Waals surface area contributed by atoms with Crippen molar-refractivity contribution in [3.63, 3.8) is 0 Å². The van der Waals surface area contributed by atoms with Crippen molar-refractivity contribution in [1.29, 1.82) is 0 Å². The summed E-state index contributed by atoms with van der Waals surface area (Å²) < 4.78 is 0. The molecule has 1 atom stereocenters. The van der Waals surface area contributed by atoms with E-state index in [1.165, 1.54) is 43.3 Å². The molecule has 1 fully saturated rings. The first-order valence-electron chi connectivity index (χ1n) is 6.55. The van der Waals surface area contributed by atoms with Crippen molar-refractivity contribution in [3.8, 4) is 0 Å². The van der Waals surface area contributed by atoms with Crippen LogP contribution in [0, 0.1) is 11.3 Å². The molecule has 2 aliphatic carbocycles. The highest BCUT2D eigenvalue weighted by atomic mass is 14.5. The Bertz CT molecular complexity index is 350. The van der Waals surface area contributed by atoms with Crippen LogP contribution >= 0.6 is 0 Å². The van der Waals surface area contributed by atoms with Crippen LogP contribution in [0.3, 0.4) is 0 Å². The van der Waals surface area contributed by atoms with Crippen LogP contribution in [0.25, 0.3) is 0 Å². The predicted molar refractivity (Wildman–Crippen MR) is 71.3 cm³/mol. The lowest BCUT2D eigenvalue weighted by Gasteiger charge is -2.15. The number of rotatable bonds is 4. The second-order valence-corrected chi connectivity index (χ2v) is 6.07. The van der Waals surface area contributed by atoms with E-state index in [0.29, 0.717) is 5.41 Å². The number of hydrogen-bond acceptors (Lipinski definition) is 0. The molecule has 0 aromatic carbocycles. The van der Waals surface area contributed by atoms with Gasteiger partial charge in [-0.05, 0) is 68.4 Å². The first kappa shape index (κ1) is 11.7. The van der Waals surface area contributed by atoms with Crippen LogP contribution < -0.4 is 0 Å². The van der Waals surface area contributed by atoms with Crippen molar-refractivity contribution >= 4 is 0 Å². The van der Waals surface area contributed by atoms with Gasteiger partial charge in [-0.1, -0.05) is 31.2 Å². The lowest BCUT2D eigenvalue weighted by molar-refractivity contribution is 0.386. The van der Waals surface area contributed by atoms with Gasteiger partial charge in [0, 0.05) is 0 Å². The Balaban J connectivity index is 2.03. The molecular weight excluding hydrogens is 192 g/mol. The van der Waals surface area contributed by atoms with E-state index in [9.17, 15) is 0 Å². The molecule has 0 bridgehead atoms. The third-order valence-electron chi connectivity index (χ3n) is 4.16. The Kier molecular flexibility index (Phi) is 3.10. The van der Waals surface area contributed by atoms with E-state index in [0.717, 1.165) is 5.92 Å². The molecule has 0 N–H and O–H groups in total. The van der Waals surface area contributed by atoms with Gasteiger partial charge in [0.1, 0.15) is 0 Å². The first-order chi connectivity index (χ1) is 7.54. The molecule has 0 aromatic heterocycles. The Morgan fingerprint density at radius 3 is 2.62 bits per heavy atom. The van der Waals surface area contributed by atoms with Crippen molar-refractivity contribution in [3.05, 3.63) is 35.5 Å². The van der Waals surface area contributed by atoms with Crippen molar-refractivity contribution in [2.75, 3.05) is 0 Å². The third-order valence-corrected chi connectivity index (χ3v) is 4.16. The highest BCUT2D eigenvalue weighted by molar-refractivity contribution is 5.41. The van der Waals surface area contributed by atoms with E-state index < -0.39 is 0 Å². The summed E-state index contributed by atoms with van der Waals surface area (Å²) in [5.74, 6) is 0.880. The quantitative estimate of drug-likeness (QED) is 0.618. The molecule has 1 unspecified atom stereocenters. The molecular formula is C16H24. The molecule has 0 radical (unpaired) electrons. The van der Waals surface area contributed by atoms with Gasteiger partial charge < -0.3 is 0 Å². The van der Waals surface area contributed by atoms with Crippen LogP contribution in [-0.2, 0) is 0 Å². The molecule has 88 valence electrons. The van der Waals surface area contributed by atoms with Gasteiger partial charge in [-0.25, -0.2) is 0 Å². The lowest BCUT2D eigenvalue weighted by atomic mass is 9.90. The van der Waals surface area contributed by atoms with Crippen molar-refractivity contribution in [1.82, 2.24) is 0 Å². The van der Waals surface area contributed by atoms with Gasteiger partial charge in [-0.2, -0.15) is 0 Å². The molecule has 16 heavy (non-hydrogen) atoms. The van der Waals surface area contributed by atoms with Crippen molar-refractivity contribution in [2.45, 2.75) is 52.9 Å². The third kappa shape index (κ3) is 2.48. The maximum atomic E-state index is 4.12. The largest absolute Gasteiger partial charge is 0.0958 e. The first-order valence-corrected chi connectivity index (χ1v) is 6.55. The lowest BCUT2D eigenvalue weighted by Crippen LogP contribution is -2.03. The molecule has 0 nitrogen and oxygen atoms in total. The molecule has 1 saturated carbocycles. The van der Waals surface area contributed by atoms with Crippen LogP contribution in [0.2, 0.25) is 0 Å². The van der Waals surface area contributed by atoms with E-state index in [-0.39, 0.29) is 0 Å². The number of hydrogen-bond donors (Lipinski definition) is 0. The van der Waals surface area contributed by atoms with Crippen LogP contribution in [-0.4, -0.2) is 0 Å². The average Bonchev–Trinajstić information content (AvgIpc) is 2.76. The molecule has 0 amide bonds. The highest BCUT2D eigenvalue weighted by Crippen LogP contribution is 2.53. The van der Waals surface area contributed by atoms with Crippen LogP contribution in [0.5, 0.6) is 0 Å². The minimum Gasteiger partial charge on any atom is -0.0958 e. The molecule has 0 aromatic rings. The van der Waals surface area contributed by atoms with Gasteiger partial charge in [0.05, 0.1) is 0 Å². The molecule has 0 heterocycles. The van der Waals surface area contributed by atoms with E-state index >= 15 is 0 Å². The topological polar surface area (TPSA) is 0 Å². The summed E-state index contributed by atoms with van der Waals surface area (Å²) in [4.78, 5) is 0. The SMILES string of the molecule is C=C(C)C1=C(/C=C\C)CC(CC2(C)CC2)C1. The van der Waals surface area contributed by atoms with Gasteiger partial charge in [-0.15, -0.1) is 0 Å². The fourth-order valence-corrected chi connectivity index (χ4v) is 3.00. The minimum atomic E-state index is 0.691.